The van der Waals surface area contributed by atoms with Crippen LogP contribution in [-0.4, -0.2) is 11.5 Å². The minimum atomic E-state index is -4.40. The van der Waals surface area contributed by atoms with Crippen LogP contribution in [0.2, 0.25) is 0 Å². The average molecular weight is 290 g/mol. The summed E-state index contributed by atoms with van der Waals surface area (Å²) < 4.78 is 43.2. The first-order valence-corrected chi connectivity index (χ1v) is 6.56. The van der Waals surface area contributed by atoms with E-state index in [9.17, 15) is 13.2 Å². The minimum Gasteiger partial charge on any atom is -0.464 e. The Morgan fingerprint density at radius 1 is 1.42 bits per heavy atom. The first-order valence-electron chi connectivity index (χ1n) is 5.74. The molecule has 2 rings (SSSR count). The molecule has 1 N–H and O–H groups in total. The van der Waals surface area contributed by atoms with Crippen molar-refractivity contribution in [2.24, 2.45) is 0 Å². The Balaban J connectivity index is 2.32. The van der Waals surface area contributed by atoms with Crippen LogP contribution in [-0.2, 0) is 6.18 Å². The molecule has 0 aliphatic heterocycles. The molecule has 19 heavy (non-hydrogen) atoms. The van der Waals surface area contributed by atoms with Gasteiger partial charge in [-0.1, -0.05) is 6.92 Å². The van der Waals surface area contributed by atoms with Crippen LogP contribution in [0, 0.1) is 6.92 Å². The van der Waals surface area contributed by atoms with E-state index >= 15 is 0 Å². The molecule has 0 aromatic carbocycles. The Hall–Kier alpha value is -1.34. The first kappa shape index (κ1) is 14.1. The number of nitrogens with one attached hydrogen (secondary N) is 1. The summed E-state index contributed by atoms with van der Waals surface area (Å²) >= 11 is 0.633. The Morgan fingerprint density at radius 2 is 2.16 bits per heavy atom. The summed E-state index contributed by atoms with van der Waals surface area (Å²) in [5.74, 6) is 1.31. The maximum atomic E-state index is 12.6. The van der Waals surface area contributed by atoms with Crippen molar-refractivity contribution in [3.63, 3.8) is 0 Å². The molecule has 1 unspecified atom stereocenters. The Bertz CT molecular complexity index is 547. The predicted octanol–water partition coefficient (Wildman–Crippen LogP) is 3.76. The molecule has 0 aliphatic carbocycles. The molecule has 2 aromatic rings. The molecule has 7 heteroatoms. The smallest absolute Gasteiger partial charge is 0.443 e. The van der Waals surface area contributed by atoms with E-state index < -0.39 is 17.2 Å². The van der Waals surface area contributed by atoms with Crippen LogP contribution in [0.5, 0.6) is 0 Å². The molecule has 0 amide bonds. The predicted molar refractivity (Wildman–Crippen MR) is 66.1 cm³/mol. The highest BCUT2D eigenvalue weighted by Gasteiger charge is 2.35. The normalized spacial score (nSPS) is 13.7. The zero-order valence-corrected chi connectivity index (χ0v) is 11.2. The van der Waals surface area contributed by atoms with E-state index in [0.717, 1.165) is 5.76 Å². The number of thiazole rings is 1. The van der Waals surface area contributed by atoms with Gasteiger partial charge in [-0.25, -0.2) is 4.98 Å². The van der Waals surface area contributed by atoms with E-state index in [1.54, 1.807) is 19.1 Å². The van der Waals surface area contributed by atoms with Gasteiger partial charge in [-0.05, 0) is 25.6 Å². The first-order chi connectivity index (χ1) is 8.91. The number of alkyl halides is 3. The van der Waals surface area contributed by atoms with Crippen molar-refractivity contribution in [2.75, 3.05) is 6.54 Å². The highest BCUT2D eigenvalue weighted by atomic mass is 32.1. The lowest BCUT2D eigenvalue weighted by molar-refractivity contribution is -0.137. The average Bonchev–Trinajstić information content (AvgIpc) is 2.93. The molecule has 2 heterocycles. The summed E-state index contributed by atoms with van der Waals surface area (Å²) in [4.78, 5) is 3.92. The lowest BCUT2D eigenvalue weighted by Crippen LogP contribution is -2.20. The van der Waals surface area contributed by atoms with Crippen molar-refractivity contribution >= 4 is 11.3 Å². The van der Waals surface area contributed by atoms with Crippen molar-refractivity contribution in [3.8, 4) is 0 Å². The largest absolute Gasteiger partial charge is 0.464 e. The van der Waals surface area contributed by atoms with Crippen molar-refractivity contribution in [1.82, 2.24) is 10.3 Å². The summed E-state index contributed by atoms with van der Waals surface area (Å²) in [6, 6.07) is 3.15. The zero-order valence-electron chi connectivity index (χ0n) is 10.4. The molecule has 0 saturated heterocycles. The van der Waals surface area contributed by atoms with Crippen LogP contribution in [0.1, 0.15) is 34.4 Å². The third kappa shape index (κ3) is 3.16. The van der Waals surface area contributed by atoms with Gasteiger partial charge in [0.25, 0.3) is 0 Å². The standard InChI is InChI=1S/C12H13F3N2OS/c1-3-16-10(8-5-4-7(2)18-8)9-6-17-11(19-9)12(13,14)15/h4-6,10,16H,3H2,1-2H3. The van der Waals surface area contributed by atoms with Crippen LogP contribution in [0.25, 0.3) is 0 Å². The maximum Gasteiger partial charge on any atom is 0.443 e. The van der Waals surface area contributed by atoms with Crippen molar-refractivity contribution < 1.29 is 17.6 Å². The third-order valence-electron chi connectivity index (χ3n) is 2.50. The molecule has 0 fully saturated rings. The number of hydrogen-bond acceptors (Lipinski definition) is 4. The van der Waals surface area contributed by atoms with Gasteiger partial charge in [-0.2, -0.15) is 13.2 Å². The van der Waals surface area contributed by atoms with E-state index in [1.807, 2.05) is 6.92 Å². The highest BCUT2D eigenvalue weighted by Crippen LogP contribution is 2.36. The number of halogens is 3. The summed E-state index contributed by atoms with van der Waals surface area (Å²) in [6.07, 6.45) is -3.16. The summed E-state index contributed by atoms with van der Waals surface area (Å²) in [7, 11) is 0. The molecular weight excluding hydrogens is 277 g/mol. The van der Waals surface area contributed by atoms with E-state index in [2.05, 4.69) is 10.3 Å². The fourth-order valence-electron chi connectivity index (χ4n) is 1.71. The molecular formula is C12H13F3N2OS. The molecule has 1 atom stereocenters. The van der Waals surface area contributed by atoms with Gasteiger partial charge in [0.2, 0.25) is 0 Å². The van der Waals surface area contributed by atoms with Gasteiger partial charge in [-0.15, -0.1) is 11.3 Å². The number of aryl methyl sites for hydroxylation is 1. The van der Waals surface area contributed by atoms with Crippen molar-refractivity contribution in [2.45, 2.75) is 26.1 Å². The number of aromatic nitrogens is 1. The summed E-state index contributed by atoms with van der Waals surface area (Å²) in [6.45, 7) is 4.29. The van der Waals surface area contributed by atoms with E-state index in [0.29, 0.717) is 28.5 Å². The second-order valence-electron chi connectivity index (χ2n) is 4.00. The monoisotopic (exact) mass is 290 g/mol. The summed E-state index contributed by atoms with van der Waals surface area (Å²) in [5.41, 5.74) is 0. The number of nitrogens with zero attached hydrogens (tertiary/aromatic N) is 1. The van der Waals surface area contributed by atoms with E-state index in [-0.39, 0.29) is 0 Å². The SMILES string of the molecule is CCNC(c1ccc(C)o1)c1cnc(C(F)(F)F)s1. The Morgan fingerprint density at radius 3 is 2.63 bits per heavy atom. The van der Waals surface area contributed by atoms with Gasteiger partial charge in [0, 0.05) is 11.1 Å². The second-order valence-corrected chi connectivity index (χ2v) is 5.07. The Labute approximate surface area is 112 Å². The molecule has 0 radical (unpaired) electrons. The van der Waals surface area contributed by atoms with Crippen LogP contribution in [0.15, 0.2) is 22.7 Å². The number of hydrogen-bond donors (Lipinski definition) is 1. The van der Waals surface area contributed by atoms with E-state index in [4.69, 9.17) is 4.42 Å². The maximum absolute atomic E-state index is 12.6. The highest BCUT2D eigenvalue weighted by molar-refractivity contribution is 7.11. The van der Waals surface area contributed by atoms with Gasteiger partial charge in [0.1, 0.15) is 17.6 Å². The Kier molecular flexibility index (Phi) is 3.96. The van der Waals surface area contributed by atoms with Crippen molar-refractivity contribution in [1.29, 1.82) is 0 Å². The van der Waals surface area contributed by atoms with Gasteiger partial charge < -0.3 is 9.73 Å². The fraction of sp³-hybridized carbons (Fsp3) is 0.417. The minimum absolute atomic E-state index is 0.396. The lowest BCUT2D eigenvalue weighted by Gasteiger charge is -2.13. The van der Waals surface area contributed by atoms with Gasteiger partial charge >= 0.3 is 6.18 Å². The van der Waals surface area contributed by atoms with Crippen LogP contribution in [0.3, 0.4) is 0 Å². The second kappa shape index (κ2) is 5.34. The molecule has 3 nitrogen and oxygen atoms in total. The fourth-order valence-corrected chi connectivity index (χ4v) is 2.57. The molecule has 2 aromatic heterocycles. The zero-order chi connectivity index (χ0) is 14.0. The number of furan rings is 1. The third-order valence-corrected chi connectivity index (χ3v) is 3.61. The molecule has 0 aliphatic rings. The van der Waals surface area contributed by atoms with Gasteiger partial charge in [0.15, 0.2) is 5.01 Å². The van der Waals surface area contributed by atoms with Crippen LogP contribution < -0.4 is 5.32 Å². The molecule has 0 bridgehead atoms. The van der Waals surface area contributed by atoms with Crippen LogP contribution >= 0.6 is 11.3 Å². The molecule has 0 saturated carbocycles. The quantitative estimate of drug-likeness (QED) is 0.931. The van der Waals surface area contributed by atoms with Crippen LogP contribution in [0.4, 0.5) is 13.2 Å². The van der Waals surface area contributed by atoms with E-state index in [1.165, 1.54) is 6.20 Å². The number of rotatable bonds is 4. The molecule has 0 spiro atoms. The van der Waals surface area contributed by atoms with Crippen molar-refractivity contribution in [3.05, 3.63) is 39.7 Å². The summed E-state index contributed by atoms with van der Waals surface area (Å²) in [5, 5.41) is 2.26. The topological polar surface area (TPSA) is 38.1 Å². The van der Waals surface area contributed by atoms with Gasteiger partial charge in [-0.3, -0.25) is 0 Å². The lowest BCUT2D eigenvalue weighted by atomic mass is 10.2. The van der Waals surface area contributed by atoms with Gasteiger partial charge in [0.05, 0.1) is 0 Å². The molecule has 104 valence electrons.